The van der Waals surface area contributed by atoms with Gasteiger partial charge in [-0.1, -0.05) is 66.7 Å². The molecule has 0 fully saturated rings. The maximum absolute atomic E-state index is 5.03. The molecule has 0 aliphatic carbocycles. The van der Waals surface area contributed by atoms with E-state index in [1.807, 2.05) is 11.8 Å². The van der Waals surface area contributed by atoms with Crippen molar-refractivity contribution >= 4 is 28.2 Å². The number of hydrogen-bond acceptors (Lipinski definition) is 2. The van der Waals surface area contributed by atoms with Crippen molar-refractivity contribution < 1.29 is 0 Å². The van der Waals surface area contributed by atoms with Crippen LogP contribution in [0.15, 0.2) is 91.1 Å². The van der Waals surface area contributed by atoms with E-state index in [-0.39, 0.29) is 0 Å². The summed E-state index contributed by atoms with van der Waals surface area (Å²) in [6.45, 7) is 2.12. The van der Waals surface area contributed by atoms with E-state index in [1.54, 1.807) is 0 Å². The normalized spacial score (nSPS) is 11.3. The van der Waals surface area contributed by atoms with Crippen molar-refractivity contribution in [1.82, 2.24) is 9.38 Å². The largest absolute Gasteiger partial charge is 0.303 e. The average molecular weight is 395 g/mol. The lowest BCUT2D eigenvalue weighted by Gasteiger charge is -2.07. The molecule has 29 heavy (non-hydrogen) atoms. The van der Waals surface area contributed by atoms with Gasteiger partial charge in [-0.15, -0.1) is 0 Å². The Morgan fingerprint density at radius 2 is 1.59 bits per heavy atom. The SMILES string of the molecule is Cc1ccn2c(CSCc3ccccc3)c(-c3ccc4ccccc4c3)nc2c1. The van der Waals surface area contributed by atoms with Crippen LogP contribution >= 0.6 is 11.8 Å². The van der Waals surface area contributed by atoms with Crippen molar-refractivity contribution in [3.8, 4) is 11.3 Å². The number of aryl methyl sites for hydroxylation is 1. The maximum atomic E-state index is 5.03. The number of rotatable bonds is 5. The van der Waals surface area contributed by atoms with Crippen LogP contribution in [0, 0.1) is 6.92 Å². The van der Waals surface area contributed by atoms with E-state index < -0.39 is 0 Å². The fraction of sp³-hybridized carbons (Fsp3) is 0.115. The van der Waals surface area contributed by atoms with Gasteiger partial charge in [-0.3, -0.25) is 0 Å². The van der Waals surface area contributed by atoms with Crippen LogP contribution in [-0.4, -0.2) is 9.38 Å². The molecule has 0 atom stereocenters. The number of fused-ring (bicyclic) bond motifs is 2. The number of hydrogen-bond donors (Lipinski definition) is 0. The first-order chi connectivity index (χ1) is 14.3. The van der Waals surface area contributed by atoms with Crippen LogP contribution in [0.25, 0.3) is 27.7 Å². The quantitative estimate of drug-likeness (QED) is 0.323. The minimum atomic E-state index is 0.918. The second-order valence-corrected chi connectivity index (χ2v) is 8.37. The molecule has 5 rings (SSSR count). The van der Waals surface area contributed by atoms with E-state index in [0.717, 1.165) is 22.8 Å². The van der Waals surface area contributed by atoms with Crippen LogP contribution in [0.2, 0.25) is 0 Å². The number of pyridine rings is 1. The van der Waals surface area contributed by atoms with Crippen LogP contribution in [0.1, 0.15) is 16.8 Å². The third kappa shape index (κ3) is 3.66. The molecular weight excluding hydrogens is 372 g/mol. The molecule has 0 aliphatic heterocycles. The minimum absolute atomic E-state index is 0.918. The molecule has 0 radical (unpaired) electrons. The number of benzene rings is 3. The second kappa shape index (κ2) is 7.76. The van der Waals surface area contributed by atoms with Crippen LogP contribution < -0.4 is 0 Å². The summed E-state index contributed by atoms with van der Waals surface area (Å²) in [7, 11) is 0. The molecule has 2 heterocycles. The Morgan fingerprint density at radius 1 is 0.793 bits per heavy atom. The fourth-order valence-corrected chi connectivity index (χ4v) is 4.74. The van der Waals surface area contributed by atoms with Crippen LogP contribution in [0.4, 0.5) is 0 Å². The summed E-state index contributed by atoms with van der Waals surface area (Å²) in [5, 5.41) is 2.51. The first-order valence-electron chi connectivity index (χ1n) is 9.86. The highest BCUT2D eigenvalue weighted by Gasteiger charge is 2.15. The molecule has 0 unspecified atom stereocenters. The van der Waals surface area contributed by atoms with Crippen molar-refractivity contribution in [1.29, 1.82) is 0 Å². The van der Waals surface area contributed by atoms with E-state index >= 15 is 0 Å². The average Bonchev–Trinajstić information content (AvgIpc) is 3.12. The second-order valence-electron chi connectivity index (χ2n) is 7.38. The number of aromatic nitrogens is 2. The lowest BCUT2D eigenvalue weighted by atomic mass is 10.0. The van der Waals surface area contributed by atoms with Crippen molar-refractivity contribution in [2.75, 3.05) is 0 Å². The molecule has 2 nitrogen and oxygen atoms in total. The molecule has 0 saturated heterocycles. The van der Waals surface area contributed by atoms with Gasteiger partial charge in [0.05, 0.1) is 11.4 Å². The van der Waals surface area contributed by atoms with Gasteiger partial charge in [0.2, 0.25) is 0 Å². The zero-order valence-electron chi connectivity index (χ0n) is 16.4. The molecule has 0 saturated carbocycles. The van der Waals surface area contributed by atoms with Crippen molar-refractivity contribution in [2.45, 2.75) is 18.4 Å². The molecule has 0 N–H and O–H groups in total. The molecule has 0 aliphatic rings. The molecule has 3 aromatic carbocycles. The summed E-state index contributed by atoms with van der Waals surface area (Å²) in [4.78, 5) is 5.03. The van der Waals surface area contributed by atoms with Gasteiger partial charge in [0.25, 0.3) is 0 Å². The third-order valence-electron chi connectivity index (χ3n) is 5.25. The fourth-order valence-electron chi connectivity index (χ4n) is 3.74. The first-order valence-corrected chi connectivity index (χ1v) is 11.0. The maximum Gasteiger partial charge on any atom is 0.137 e. The third-order valence-corrected chi connectivity index (χ3v) is 6.27. The Labute approximate surface area is 175 Å². The zero-order chi connectivity index (χ0) is 19.6. The van der Waals surface area contributed by atoms with Gasteiger partial charge in [0.1, 0.15) is 5.65 Å². The van der Waals surface area contributed by atoms with Gasteiger partial charge >= 0.3 is 0 Å². The molecule has 3 heteroatoms. The summed E-state index contributed by atoms with van der Waals surface area (Å²) in [6, 6.07) is 30.1. The highest BCUT2D eigenvalue weighted by Crippen LogP contribution is 2.31. The predicted molar refractivity (Wildman–Crippen MR) is 124 cm³/mol. The Morgan fingerprint density at radius 3 is 2.45 bits per heavy atom. The molecule has 2 aromatic heterocycles. The van der Waals surface area contributed by atoms with Crippen LogP contribution in [-0.2, 0) is 11.5 Å². The van der Waals surface area contributed by atoms with E-state index in [1.165, 1.54) is 33.2 Å². The summed E-state index contributed by atoms with van der Waals surface area (Å²) in [6.07, 6.45) is 2.15. The van der Waals surface area contributed by atoms with Gasteiger partial charge in [0, 0.05) is 23.3 Å². The first kappa shape index (κ1) is 18.0. The van der Waals surface area contributed by atoms with Crippen molar-refractivity contribution in [2.24, 2.45) is 0 Å². The van der Waals surface area contributed by atoms with Crippen molar-refractivity contribution in [3.05, 3.63) is 108 Å². The molecule has 0 amide bonds. The molecule has 0 bridgehead atoms. The standard InChI is InChI=1S/C26H22N2S/c1-19-13-14-28-24(18-29-17-20-7-3-2-4-8-20)26(27-25(28)15-19)23-12-11-21-9-5-6-10-22(21)16-23/h2-16H,17-18H2,1H3. The van der Waals surface area contributed by atoms with Crippen LogP contribution in [0.5, 0.6) is 0 Å². The predicted octanol–water partition coefficient (Wildman–Crippen LogP) is 6.90. The summed E-state index contributed by atoms with van der Waals surface area (Å²) in [5.74, 6) is 1.92. The van der Waals surface area contributed by atoms with Gasteiger partial charge < -0.3 is 4.40 Å². The Kier molecular flexibility index (Phi) is 4.82. The van der Waals surface area contributed by atoms with Gasteiger partial charge in [-0.05, 0) is 47.0 Å². The smallest absolute Gasteiger partial charge is 0.137 e. The van der Waals surface area contributed by atoms with Gasteiger partial charge in [-0.2, -0.15) is 11.8 Å². The van der Waals surface area contributed by atoms with Gasteiger partial charge in [-0.25, -0.2) is 4.98 Å². The molecule has 0 spiro atoms. The van der Waals surface area contributed by atoms with E-state index in [0.29, 0.717) is 0 Å². The van der Waals surface area contributed by atoms with Gasteiger partial charge in [0.15, 0.2) is 0 Å². The zero-order valence-corrected chi connectivity index (χ0v) is 17.2. The Balaban J connectivity index is 1.55. The monoisotopic (exact) mass is 394 g/mol. The summed E-state index contributed by atoms with van der Waals surface area (Å²) >= 11 is 1.93. The molecular formula is C26H22N2S. The number of imidazole rings is 1. The Hall–Kier alpha value is -3.04. The van der Waals surface area contributed by atoms with Crippen LogP contribution in [0.3, 0.4) is 0 Å². The van der Waals surface area contributed by atoms with Crippen molar-refractivity contribution in [3.63, 3.8) is 0 Å². The topological polar surface area (TPSA) is 17.3 Å². The lowest BCUT2D eigenvalue weighted by Crippen LogP contribution is -1.94. The van der Waals surface area contributed by atoms with E-state index in [2.05, 4.69) is 102 Å². The number of nitrogens with zero attached hydrogens (tertiary/aromatic N) is 2. The van der Waals surface area contributed by atoms with E-state index in [4.69, 9.17) is 4.98 Å². The number of thioether (sulfide) groups is 1. The lowest BCUT2D eigenvalue weighted by molar-refractivity contribution is 1.09. The van der Waals surface area contributed by atoms with E-state index in [9.17, 15) is 0 Å². The molecule has 142 valence electrons. The summed E-state index contributed by atoms with van der Waals surface area (Å²) in [5.41, 5.74) is 7.13. The highest BCUT2D eigenvalue weighted by molar-refractivity contribution is 7.97. The minimum Gasteiger partial charge on any atom is -0.303 e. The highest BCUT2D eigenvalue weighted by atomic mass is 32.2. The molecule has 5 aromatic rings. The summed E-state index contributed by atoms with van der Waals surface area (Å²) < 4.78 is 2.25. The Bertz CT molecular complexity index is 1290.